The van der Waals surface area contributed by atoms with E-state index in [-0.39, 0.29) is 5.91 Å². The third-order valence-corrected chi connectivity index (χ3v) is 3.43. The molecule has 0 unspecified atom stereocenters. The Bertz CT molecular complexity index is 648. The van der Waals surface area contributed by atoms with E-state index in [0.717, 1.165) is 5.56 Å². The van der Waals surface area contributed by atoms with Crippen LogP contribution in [0, 0.1) is 6.92 Å². The van der Waals surface area contributed by atoms with Gasteiger partial charge in [-0.3, -0.25) is 4.79 Å². The lowest BCUT2D eigenvalue weighted by molar-refractivity contribution is -0.111. The number of carbonyl (C=O) groups excluding carboxylic acids is 1. The van der Waals surface area contributed by atoms with Crippen molar-refractivity contribution < 1.29 is 4.79 Å². The molecule has 4 heteroatoms. The predicted molar refractivity (Wildman–Crippen MR) is 85.3 cm³/mol. The molecule has 0 heterocycles. The van der Waals surface area contributed by atoms with Crippen molar-refractivity contribution in [3.05, 3.63) is 69.7 Å². The number of aryl methyl sites for hydroxylation is 1. The predicted octanol–water partition coefficient (Wildman–Crippen LogP) is 4.95. The highest BCUT2D eigenvalue weighted by atomic mass is 35.5. The second-order valence-corrected chi connectivity index (χ2v) is 5.18. The number of halogens is 2. The van der Waals surface area contributed by atoms with E-state index < -0.39 is 0 Å². The highest BCUT2D eigenvalue weighted by Gasteiger charge is 2.01. The van der Waals surface area contributed by atoms with Gasteiger partial charge >= 0.3 is 0 Å². The van der Waals surface area contributed by atoms with Gasteiger partial charge < -0.3 is 5.32 Å². The first-order chi connectivity index (χ1) is 9.54. The first-order valence-electron chi connectivity index (χ1n) is 6.05. The van der Waals surface area contributed by atoms with E-state index in [9.17, 15) is 4.79 Å². The van der Waals surface area contributed by atoms with E-state index in [1.165, 1.54) is 11.6 Å². The fourth-order valence-corrected chi connectivity index (χ4v) is 1.91. The largest absolute Gasteiger partial charge is 0.322 e. The zero-order valence-electron chi connectivity index (χ0n) is 10.9. The Morgan fingerprint density at radius 1 is 1.05 bits per heavy atom. The van der Waals surface area contributed by atoms with Crippen molar-refractivity contribution in [2.24, 2.45) is 0 Å². The average Bonchev–Trinajstić information content (AvgIpc) is 2.42. The standard InChI is InChI=1S/C16H13Cl2NO/c1-11-2-4-12(5-3-11)6-9-16(20)19-13-7-8-14(17)15(18)10-13/h2-10H,1H3,(H,19,20). The van der Waals surface area contributed by atoms with Gasteiger partial charge in [-0.15, -0.1) is 0 Å². The van der Waals surface area contributed by atoms with Gasteiger partial charge in [0.25, 0.3) is 0 Å². The number of rotatable bonds is 3. The van der Waals surface area contributed by atoms with Crippen molar-refractivity contribution >= 4 is 40.9 Å². The van der Waals surface area contributed by atoms with E-state index in [4.69, 9.17) is 23.2 Å². The molecule has 0 saturated heterocycles. The molecule has 0 aromatic heterocycles. The molecule has 0 radical (unpaired) electrons. The van der Waals surface area contributed by atoms with Gasteiger partial charge in [0.2, 0.25) is 5.91 Å². The van der Waals surface area contributed by atoms with Gasteiger partial charge in [-0.1, -0.05) is 53.0 Å². The second kappa shape index (κ2) is 6.60. The van der Waals surface area contributed by atoms with Crippen molar-refractivity contribution in [2.75, 3.05) is 5.32 Å². The number of hydrogen-bond donors (Lipinski definition) is 1. The molecule has 0 saturated carbocycles. The maximum Gasteiger partial charge on any atom is 0.248 e. The van der Waals surface area contributed by atoms with Crippen LogP contribution in [-0.2, 0) is 4.79 Å². The zero-order chi connectivity index (χ0) is 14.5. The van der Waals surface area contributed by atoms with Crippen LogP contribution in [0.2, 0.25) is 10.0 Å². The van der Waals surface area contributed by atoms with E-state index in [1.54, 1.807) is 24.3 Å². The van der Waals surface area contributed by atoms with E-state index in [2.05, 4.69) is 5.32 Å². The summed E-state index contributed by atoms with van der Waals surface area (Å²) in [6.07, 6.45) is 3.24. The highest BCUT2D eigenvalue weighted by molar-refractivity contribution is 6.42. The Morgan fingerprint density at radius 3 is 2.40 bits per heavy atom. The van der Waals surface area contributed by atoms with Crippen LogP contribution in [0.4, 0.5) is 5.69 Å². The van der Waals surface area contributed by atoms with Crippen LogP contribution in [0.3, 0.4) is 0 Å². The molecule has 2 rings (SSSR count). The van der Waals surface area contributed by atoms with Crippen LogP contribution < -0.4 is 5.32 Å². The molecule has 1 amide bonds. The molecule has 102 valence electrons. The molecule has 0 aliphatic rings. The van der Waals surface area contributed by atoms with Gasteiger partial charge in [-0.05, 0) is 36.8 Å². The first-order valence-corrected chi connectivity index (χ1v) is 6.81. The molecule has 0 aliphatic heterocycles. The van der Waals surface area contributed by atoms with Crippen molar-refractivity contribution in [1.82, 2.24) is 0 Å². The van der Waals surface area contributed by atoms with Gasteiger partial charge in [0, 0.05) is 11.8 Å². The number of anilines is 1. The van der Waals surface area contributed by atoms with Crippen LogP contribution in [0.1, 0.15) is 11.1 Å². The molecule has 0 aliphatic carbocycles. The molecule has 2 aromatic carbocycles. The van der Waals surface area contributed by atoms with E-state index in [0.29, 0.717) is 15.7 Å². The SMILES string of the molecule is Cc1ccc(C=CC(=O)Nc2ccc(Cl)c(Cl)c2)cc1. The maximum atomic E-state index is 11.8. The Morgan fingerprint density at radius 2 is 1.75 bits per heavy atom. The Kier molecular flexibility index (Phi) is 4.83. The summed E-state index contributed by atoms with van der Waals surface area (Å²) in [4.78, 5) is 11.8. The minimum Gasteiger partial charge on any atom is -0.322 e. The topological polar surface area (TPSA) is 29.1 Å². The molecule has 20 heavy (non-hydrogen) atoms. The number of hydrogen-bond acceptors (Lipinski definition) is 1. The number of benzene rings is 2. The lowest BCUT2D eigenvalue weighted by atomic mass is 10.1. The van der Waals surface area contributed by atoms with Crippen molar-refractivity contribution in [3.8, 4) is 0 Å². The van der Waals surface area contributed by atoms with Crippen molar-refractivity contribution in [3.63, 3.8) is 0 Å². The summed E-state index contributed by atoms with van der Waals surface area (Å²) < 4.78 is 0. The molecule has 1 N–H and O–H groups in total. The van der Waals surface area contributed by atoms with Gasteiger partial charge in [-0.25, -0.2) is 0 Å². The summed E-state index contributed by atoms with van der Waals surface area (Å²) in [6, 6.07) is 12.9. The monoisotopic (exact) mass is 305 g/mol. The molecule has 2 aromatic rings. The normalized spacial score (nSPS) is 10.8. The molecular formula is C16H13Cl2NO. The van der Waals surface area contributed by atoms with E-state index in [1.807, 2.05) is 31.2 Å². The third kappa shape index (κ3) is 4.12. The number of carbonyl (C=O) groups is 1. The Balaban J connectivity index is 2.01. The van der Waals surface area contributed by atoms with Crippen LogP contribution in [0.25, 0.3) is 6.08 Å². The number of nitrogens with one attached hydrogen (secondary N) is 1. The molecule has 0 atom stereocenters. The smallest absolute Gasteiger partial charge is 0.248 e. The first kappa shape index (κ1) is 14.6. The quantitative estimate of drug-likeness (QED) is 0.798. The molecule has 2 nitrogen and oxygen atoms in total. The molecule has 0 bridgehead atoms. The summed E-state index contributed by atoms with van der Waals surface area (Å²) in [7, 11) is 0. The Hall–Kier alpha value is -1.77. The van der Waals surface area contributed by atoms with Crippen molar-refractivity contribution in [2.45, 2.75) is 6.92 Å². The lowest BCUT2D eigenvalue weighted by Gasteiger charge is -2.03. The second-order valence-electron chi connectivity index (χ2n) is 4.36. The maximum absolute atomic E-state index is 11.8. The van der Waals surface area contributed by atoms with Gasteiger partial charge in [0.15, 0.2) is 0 Å². The summed E-state index contributed by atoms with van der Waals surface area (Å²) in [6.45, 7) is 2.02. The average molecular weight is 306 g/mol. The van der Waals surface area contributed by atoms with Crippen molar-refractivity contribution in [1.29, 1.82) is 0 Å². The summed E-state index contributed by atoms with van der Waals surface area (Å²) in [5, 5.41) is 3.59. The van der Waals surface area contributed by atoms with Crippen LogP contribution in [0.15, 0.2) is 48.5 Å². The highest BCUT2D eigenvalue weighted by Crippen LogP contribution is 2.24. The van der Waals surface area contributed by atoms with Crippen LogP contribution in [0.5, 0.6) is 0 Å². The summed E-state index contributed by atoms with van der Waals surface area (Å²) in [5.74, 6) is -0.219. The fourth-order valence-electron chi connectivity index (χ4n) is 1.61. The van der Waals surface area contributed by atoms with Gasteiger partial charge in [0.05, 0.1) is 10.0 Å². The number of amides is 1. The third-order valence-electron chi connectivity index (χ3n) is 2.69. The van der Waals surface area contributed by atoms with Gasteiger partial charge in [-0.2, -0.15) is 0 Å². The summed E-state index contributed by atoms with van der Waals surface area (Å²) in [5.41, 5.74) is 2.76. The van der Waals surface area contributed by atoms with Gasteiger partial charge in [0.1, 0.15) is 0 Å². The lowest BCUT2D eigenvalue weighted by Crippen LogP contribution is -2.07. The Labute approximate surface area is 128 Å². The van der Waals surface area contributed by atoms with Crippen LogP contribution >= 0.6 is 23.2 Å². The van der Waals surface area contributed by atoms with Crippen LogP contribution in [-0.4, -0.2) is 5.91 Å². The molecule has 0 fully saturated rings. The minimum absolute atomic E-state index is 0.219. The zero-order valence-corrected chi connectivity index (χ0v) is 12.4. The summed E-state index contributed by atoms with van der Waals surface area (Å²) >= 11 is 11.7. The minimum atomic E-state index is -0.219. The van der Waals surface area contributed by atoms with E-state index >= 15 is 0 Å². The molecular weight excluding hydrogens is 293 g/mol. The fraction of sp³-hybridized carbons (Fsp3) is 0.0625. The molecule has 0 spiro atoms.